The second-order valence-electron chi connectivity index (χ2n) is 16.6. The van der Waals surface area contributed by atoms with Crippen molar-refractivity contribution in [2.45, 2.75) is 128 Å². The molecule has 1 fully saturated rings. The van der Waals surface area contributed by atoms with Gasteiger partial charge in [-0.3, -0.25) is 9.79 Å². The van der Waals surface area contributed by atoms with Crippen LogP contribution in [-0.2, 0) is 16.6 Å². The van der Waals surface area contributed by atoms with Crippen LogP contribution in [0.2, 0.25) is 0 Å². The Morgan fingerprint density at radius 1 is 1.11 bits per heavy atom. The van der Waals surface area contributed by atoms with Crippen LogP contribution in [0.3, 0.4) is 0 Å². The molecule has 6 nitrogen and oxygen atoms in total. The van der Waals surface area contributed by atoms with E-state index in [9.17, 15) is 4.79 Å². The molecule has 0 aliphatic heterocycles. The third kappa shape index (κ3) is 9.30. The standard InChI is InChI=1S/C27H37N2O4P.C19H28/c1-27(15-14-21(24(34)18-27)19-9-6-5-7-10-19)29(3)26(28-2)22-13-12-20(17-23(22)32-4)33-16-8-11-25(30)31;1-13(2)15-7-10-18-16(12-15)8-9-17-14(3)6-5-11-19(17,18)4/h6,9-10,12-14,17,24H,5,7-8,11,15-16,18,34H2,1-4H3,(H,30,31);7,10,12-14,17H,5-6,8-9,11H2,1-4H3. The highest BCUT2D eigenvalue weighted by molar-refractivity contribution is 7.18. The number of hydrogen-bond acceptors (Lipinski definition) is 4. The van der Waals surface area contributed by atoms with Gasteiger partial charge in [0.05, 0.1) is 19.3 Å². The maximum Gasteiger partial charge on any atom is 0.303 e. The lowest BCUT2D eigenvalue weighted by Gasteiger charge is -2.49. The minimum absolute atomic E-state index is 0.0890. The van der Waals surface area contributed by atoms with Crippen LogP contribution in [0.5, 0.6) is 11.5 Å². The fraction of sp³-hybridized carbons (Fsp3) is 0.565. The number of nitrogens with zero attached hydrogens (tertiary/aromatic N) is 2. The Bertz CT molecular complexity index is 1730. The molecule has 0 saturated heterocycles. The van der Waals surface area contributed by atoms with E-state index >= 15 is 0 Å². The maximum atomic E-state index is 10.7. The molecule has 0 amide bonds. The summed E-state index contributed by atoms with van der Waals surface area (Å²) in [6.07, 6.45) is 21.0. The number of carboxylic acid groups (broad SMARTS) is 1. The summed E-state index contributed by atoms with van der Waals surface area (Å²) in [5.41, 5.74) is 9.27. The summed E-state index contributed by atoms with van der Waals surface area (Å²) < 4.78 is 11.4. The normalized spacial score (nSPS) is 26.7. The minimum Gasteiger partial charge on any atom is -0.496 e. The highest BCUT2D eigenvalue weighted by Crippen LogP contribution is 2.52. The summed E-state index contributed by atoms with van der Waals surface area (Å²) in [6.45, 7) is 12.3. The highest BCUT2D eigenvalue weighted by Gasteiger charge is 2.44. The van der Waals surface area contributed by atoms with Gasteiger partial charge in [-0.1, -0.05) is 83.0 Å². The molecule has 0 aromatic heterocycles. The summed E-state index contributed by atoms with van der Waals surface area (Å²) >= 11 is 0. The van der Waals surface area contributed by atoms with Gasteiger partial charge < -0.3 is 19.5 Å². The highest BCUT2D eigenvalue weighted by atomic mass is 31.0. The number of amidine groups is 1. The number of carbonyl (C=O) groups is 1. The first kappa shape index (κ1) is 40.8. The van der Waals surface area contributed by atoms with Crippen molar-refractivity contribution in [2.24, 2.45) is 16.8 Å². The zero-order valence-corrected chi connectivity index (χ0v) is 34.9. The number of carboxylic acids is 1. The summed E-state index contributed by atoms with van der Waals surface area (Å²) in [5, 5.41) is 8.79. The molecule has 0 heterocycles. The quantitative estimate of drug-likeness (QED) is 0.114. The number of methoxy groups -OCH3 is 1. The van der Waals surface area contributed by atoms with Crippen molar-refractivity contribution in [1.29, 1.82) is 0 Å². The third-order valence-corrected chi connectivity index (χ3v) is 13.3. The van der Waals surface area contributed by atoms with Crippen LogP contribution in [0.4, 0.5) is 0 Å². The van der Waals surface area contributed by atoms with Gasteiger partial charge in [-0.25, -0.2) is 0 Å². The molecule has 6 unspecified atom stereocenters. The predicted octanol–water partition coefficient (Wildman–Crippen LogP) is 10.7. The van der Waals surface area contributed by atoms with E-state index in [0.717, 1.165) is 48.9 Å². The number of allylic oxidation sites excluding steroid dienone is 5. The van der Waals surface area contributed by atoms with Crippen LogP contribution < -0.4 is 9.47 Å². The average Bonchev–Trinajstić information content (AvgIpc) is 3.14. The van der Waals surface area contributed by atoms with Crippen LogP contribution in [0.25, 0.3) is 0 Å². The maximum absolute atomic E-state index is 10.7. The topological polar surface area (TPSA) is 71.4 Å². The van der Waals surface area contributed by atoms with Gasteiger partial charge in [0.1, 0.15) is 17.3 Å². The second kappa shape index (κ2) is 17.8. The lowest BCUT2D eigenvalue weighted by Crippen LogP contribution is -2.50. The molecule has 7 heteroatoms. The molecule has 2 aromatic rings. The van der Waals surface area contributed by atoms with Crippen LogP contribution in [0.1, 0.15) is 127 Å². The number of ether oxygens (including phenoxy) is 2. The summed E-state index contributed by atoms with van der Waals surface area (Å²) in [5.74, 6) is 3.86. The minimum atomic E-state index is -0.818. The molecule has 4 aliphatic rings. The van der Waals surface area contributed by atoms with Gasteiger partial charge in [-0.05, 0) is 121 Å². The SMILES string of the molecule is CC(C)c1ccc2c(c1)CCC1C(C)CCCC21C.CN=C(c1ccc(OCCCC(=O)O)cc1OC)N(C)C1(C)CC=C(C2=CCCC=C2)C(P)C1. The largest absolute Gasteiger partial charge is 0.496 e. The van der Waals surface area contributed by atoms with E-state index in [1.165, 1.54) is 48.8 Å². The number of aliphatic imine (C=N–C) groups is 1. The summed E-state index contributed by atoms with van der Waals surface area (Å²) in [7, 11) is 8.60. The Morgan fingerprint density at radius 3 is 2.57 bits per heavy atom. The molecule has 6 atom stereocenters. The van der Waals surface area contributed by atoms with Crippen LogP contribution in [-0.4, -0.2) is 60.8 Å². The average molecular weight is 741 g/mol. The molecular formula is C46H65N2O4P. The molecule has 4 aliphatic carbocycles. The molecule has 288 valence electrons. The van der Waals surface area contributed by atoms with Crippen molar-refractivity contribution in [2.75, 3.05) is 27.8 Å². The Morgan fingerprint density at radius 2 is 1.91 bits per heavy atom. The van der Waals surface area contributed by atoms with Gasteiger partial charge in [-0.2, -0.15) is 0 Å². The first-order valence-corrected chi connectivity index (χ1v) is 20.7. The Labute approximate surface area is 322 Å². The Balaban J connectivity index is 0.000000239. The summed E-state index contributed by atoms with van der Waals surface area (Å²) in [6, 6.07) is 13.1. The van der Waals surface area contributed by atoms with Gasteiger partial charge in [0.2, 0.25) is 0 Å². The van der Waals surface area contributed by atoms with E-state index in [1.54, 1.807) is 18.2 Å². The van der Waals surface area contributed by atoms with E-state index in [2.05, 4.69) is 103 Å². The molecule has 0 spiro atoms. The zero-order chi connectivity index (χ0) is 38.3. The number of aliphatic carboxylic acids is 1. The van der Waals surface area contributed by atoms with Crippen molar-refractivity contribution in [3.8, 4) is 11.5 Å². The van der Waals surface area contributed by atoms with Crippen LogP contribution >= 0.6 is 9.24 Å². The number of hydrogen-bond donors (Lipinski definition) is 1. The monoisotopic (exact) mass is 740 g/mol. The molecule has 0 radical (unpaired) electrons. The molecule has 2 aromatic carbocycles. The van der Waals surface area contributed by atoms with E-state index in [4.69, 9.17) is 14.6 Å². The van der Waals surface area contributed by atoms with E-state index in [0.29, 0.717) is 41.5 Å². The first-order valence-electron chi connectivity index (χ1n) is 20.0. The Kier molecular flexibility index (Phi) is 13.7. The van der Waals surface area contributed by atoms with E-state index in [1.807, 2.05) is 25.2 Å². The van der Waals surface area contributed by atoms with Gasteiger partial charge in [0, 0.05) is 37.8 Å². The van der Waals surface area contributed by atoms with Gasteiger partial charge in [0.25, 0.3) is 0 Å². The summed E-state index contributed by atoms with van der Waals surface area (Å²) in [4.78, 5) is 17.6. The van der Waals surface area contributed by atoms with Crippen molar-refractivity contribution < 1.29 is 19.4 Å². The smallest absolute Gasteiger partial charge is 0.303 e. The second-order valence-corrected chi connectivity index (χ2v) is 17.4. The van der Waals surface area contributed by atoms with E-state index < -0.39 is 5.97 Å². The third-order valence-electron chi connectivity index (χ3n) is 12.7. The molecule has 1 N–H and O–H groups in total. The van der Waals surface area contributed by atoms with Crippen molar-refractivity contribution in [1.82, 2.24) is 4.90 Å². The zero-order valence-electron chi connectivity index (χ0n) is 33.7. The fourth-order valence-corrected chi connectivity index (χ4v) is 10.3. The number of aryl methyl sites for hydroxylation is 1. The Hall–Kier alpha value is -3.37. The number of fused-ring (bicyclic) bond motifs is 3. The van der Waals surface area contributed by atoms with Crippen molar-refractivity contribution >= 4 is 21.0 Å². The number of rotatable bonds is 10. The predicted molar refractivity (Wildman–Crippen MR) is 224 cm³/mol. The lowest BCUT2D eigenvalue weighted by atomic mass is 9.55. The number of benzene rings is 2. The van der Waals surface area contributed by atoms with Gasteiger partial charge >= 0.3 is 5.97 Å². The van der Waals surface area contributed by atoms with Crippen LogP contribution in [0, 0.1) is 11.8 Å². The molecule has 6 rings (SSSR count). The molecule has 53 heavy (non-hydrogen) atoms. The fourth-order valence-electron chi connectivity index (χ4n) is 9.44. The van der Waals surface area contributed by atoms with E-state index in [-0.39, 0.29) is 12.0 Å². The molecular weight excluding hydrogens is 675 g/mol. The van der Waals surface area contributed by atoms with Crippen LogP contribution in [0.15, 0.2) is 76.8 Å². The van der Waals surface area contributed by atoms with Crippen molar-refractivity contribution in [3.63, 3.8) is 0 Å². The first-order chi connectivity index (χ1) is 25.3. The van der Waals surface area contributed by atoms with Gasteiger partial charge in [-0.15, -0.1) is 9.24 Å². The molecule has 0 bridgehead atoms. The lowest BCUT2D eigenvalue weighted by molar-refractivity contribution is -0.137. The molecule has 1 saturated carbocycles. The van der Waals surface area contributed by atoms with Crippen molar-refractivity contribution in [3.05, 3.63) is 94.1 Å². The van der Waals surface area contributed by atoms with Gasteiger partial charge in [0.15, 0.2) is 0 Å².